The van der Waals surface area contributed by atoms with Gasteiger partial charge in [-0.1, -0.05) is 61.0 Å². The molecule has 234 valence electrons. The van der Waals surface area contributed by atoms with Crippen LogP contribution in [-0.4, -0.2) is 78.7 Å². The van der Waals surface area contributed by atoms with Gasteiger partial charge in [-0.3, -0.25) is 9.59 Å². The quantitative estimate of drug-likeness (QED) is 0.394. The number of carbonyl (C=O) groups is 3. The van der Waals surface area contributed by atoms with Crippen molar-refractivity contribution in [3.63, 3.8) is 0 Å². The summed E-state index contributed by atoms with van der Waals surface area (Å²) in [4.78, 5) is 45.6. The third-order valence-electron chi connectivity index (χ3n) is 10.7. The molecule has 11 nitrogen and oxygen atoms in total. The van der Waals surface area contributed by atoms with Crippen LogP contribution in [0.5, 0.6) is 0 Å². The number of carbonyl (C=O) groups excluding carboxylic acids is 3. The Kier molecular flexibility index (Phi) is 8.25. The Morgan fingerprint density at radius 1 is 1.14 bits per heavy atom. The Morgan fingerprint density at radius 3 is 2.24 bits per heavy atom. The molecule has 2 spiro atoms. The lowest BCUT2D eigenvalue weighted by atomic mass is 9.73. The van der Waals surface area contributed by atoms with Gasteiger partial charge in [0.2, 0.25) is 11.8 Å². The molecule has 2 heterocycles. The molecule has 0 unspecified atom stereocenters. The summed E-state index contributed by atoms with van der Waals surface area (Å²) in [5.74, 6) is -1.10. The fourth-order valence-electron chi connectivity index (χ4n) is 7.67. The van der Waals surface area contributed by atoms with Gasteiger partial charge in [-0.05, 0) is 53.6 Å². The standard InChI is InChI=1S/C30H48N6O5S/c1-19(2)23(25(38)36-18-30(16-20(36)24(31)37)28(6,7)29(30)13-11-14-29)34-26(39)33-21(27(3,4)5)17-35(8)42(40,41)22-12-9-10-15-32-22/h9-10,12,15,19-21,23H,11,13-14,16-18H2,1-8H3,(H2,31,37)(H2,33,34,39)/t20-,21+,23-,30+/m0/s1. The van der Waals surface area contributed by atoms with Crippen LogP contribution in [0.4, 0.5) is 4.79 Å². The molecule has 42 heavy (non-hydrogen) atoms. The number of urea groups is 1. The van der Waals surface area contributed by atoms with E-state index in [1.807, 2.05) is 34.6 Å². The van der Waals surface area contributed by atoms with Gasteiger partial charge in [0.05, 0.1) is 0 Å². The van der Waals surface area contributed by atoms with E-state index in [4.69, 9.17) is 5.73 Å². The zero-order valence-corrected chi connectivity index (χ0v) is 27.0. The highest BCUT2D eigenvalue weighted by Gasteiger charge is 2.85. The Balaban J connectivity index is 1.49. The second-order valence-electron chi connectivity index (χ2n) is 14.4. The summed E-state index contributed by atoms with van der Waals surface area (Å²) in [5.41, 5.74) is 5.33. The number of nitrogens with zero attached hydrogens (tertiary/aromatic N) is 3. The summed E-state index contributed by atoms with van der Waals surface area (Å²) in [5, 5.41) is 5.67. The Hall–Kier alpha value is -2.73. The first-order chi connectivity index (χ1) is 19.3. The van der Waals surface area contributed by atoms with E-state index < -0.39 is 45.5 Å². The van der Waals surface area contributed by atoms with E-state index in [2.05, 4.69) is 29.5 Å². The third-order valence-corrected chi connectivity index (χ3v) is 12.5. The average molecular weight is 605 g/mol. The number of pyridine rings is 1. The highest BCUT2D eigenvalue weighted by atomic mass is 32.2. The third kappa shape index (κ3) is 5.08. The van der Waals surface area contributed by atoms with Crippen LogP contribution < -0.4 is 16.4 Å². The topological polar surface area (TPSA) is 155 Å². The molecule has 1 saturated heterocycles. The maximum Gasteiger partial charge on any atom is 0.315 e. The van der Waals surface area contributed by atoms with Gasteiger partial charge < -0.3 is 21.3 Å². The fourth-order valence-corrected chi connectivity index (χ4v) is 8.78. The van der Waals surface area contributed by atoms with Gasteiger partial charge in [0, 0.05) is 37.8 Å². The minimum Gasteiger partial charge on any atom is -0.368 e. The van der Waals surface area contributed by atoms with E-state index in [0.29, 0.717) is 13.0 Å². The molecular weight excluding hydrogens is 556 g/mol. The maximum absolute atomic E-state index is 14.0. The molecule has 2 saturated carbocycles. The van der Waals surface area contributed by atoms with Crippen molar-refractivity contribution in [3.8, 4) is 0 Å². The van der Waals surface area contributed by atoms with Gasteiger partial charge in [-0.25, -0.2) is 18.2 Å². The van der Waals surface area contributed by atoms with Gasteiger partial charge in [-0.15, -0.1) is 0 Å². The van der Waals surface area contributed by atoms with Crippen molar-refractivity contribution in [1.29, 1.82) is 0 Å². The molecule has 2 aliphatic carbocycles. The molecule has 0 bridgehead atoms. The Morgan fingerprint density at radius 2 is 1.79 bits per heavy atom. The molecule has 4 amide bonds. The normalized spacial score (nSPS) is 25.8. The van der Waals surface area contributed by atoms with Crippen LogP contribution in [0.1, 0.15) is 74.1 Å². The molecular formula is C30H48N6O5S. The van der Waals surface area contributed by atoms with Gasteiger partial charge in [0.1, 0.15) is 12.1 Å². The molecule has 0 aromatic carbocycles. The van der Waals surface area contributed by atoms with Crippen LogP contribution in [-0.2, 0) is 19.6 Å². The minimum atomic E-state index is -3.88. The van der Waals surface area contributed by atoms with Gasteiger partial charge >= 0.3 is 6.03 Å². The molecule has 1 aliphatic heterocycles. The van der Waals surface area contributed by atoms with E-state index in [-0.39, 0.29) is 39.6 Å². The number of likely N-dealkylation sites (tertiary alicyclic amines) is 1. The monoisotopic (exact) mass is 604 g/mol. The molecule has 0 radical (unpaired) electrons. The lowest BCUT2D eigenvalue weighted by molar-refractivity contribution is -0.139. The number of nitrogens with one attached hydrogen (secondary N) is 2. The van der Waals surface area contributed by atoms with Crippen molar-refractivity contribution in [2.45, 2.75) is 97.3 Å². The molecule has 3 aliphatic rings. The first kappa shape index (κ1) is 32.2. The van der Waals surface area contributed by atoms with E-state index in [1.165, 1.54) is 23.6 Å². The summed E-state index contributed by atoms with van der Waals surface area (Å²) >= 11 is 0. The number of likely N-dealkylation sites (N-methyl/N-ethyl adjacent to an activating group) is 1. The van der Waals surface area contributed by atoms with Crippen molar-refractivity contribution in [2.24, 2.45) is 33.3 Å². The number of primary amides is 1. The lowest BCUT2D eigenvalue weighted by Gasteiger charge is -2.35. The van der Waals surface area contributed by atoms with Crippen molar-refractivity contribution in [1.82, 2.24) is 24.8 Å². The maximum atomic E-state index is 14.0. The van der Waals surface area contributed by atoms with Crippen LogP contribution in [0.15, 0.2) is 29.4 Å². The van der Waals surface area contributed by atoms with Gasteiger partial charge in [0.15, 0.2) is 5.03 Å². The van der Waals surface area contributed by atoms with Gasteiger partial charge in [0.25, 0.3) is 10.0 Å². The Bertz CT molecular complexity index is 1320. The SMILES string of the molecule is CC(C)[C@H](NC(=O)N[C@H](CN(C)S(=O)(=O)c1ccccn1)C(C)(C)C)C(=O)N1C[C@]2(C[C@H]1C(N)=O)C(C)(C)C21CCC1. The van der Waals surface area contributed by atoms with Crippen molar-refractivity contribution >= 4 is 27.9 Å². The van der Waals surface area contributed by atoms with Crippen LogP contribution in [0.2, 0.25) is 0 Å². The summed E-state index contributed by atoms with van der Waals surface area (Å²) in [6.07, 6.45) is 5.32. The minimum absolute atomic E-state index is 0.00825. The number of hydrogen-bond donors (Lipinski definition) is 3. The number of sulfonamides is 1. The second-order valence-corrected chi connectivity index (χ2v) is 16.4. The van der Waals surface area contributed by atoms with Crippen molar-refractivity contribution in [2.75, 3.05) is 20.1 Å². The second kappa shape index (κ2) is 10.8. The number of hydrogen-bond acceptors (Lipinski definition) is 6. The summed E-state index contributed by atoms with van der Waals surface area (Å²) in [6.45, 7) is 14.3. The molecule has 1 aromatic rings. The number of amides is 4. The number of fused-ring (bicyclic) bond motifs is 1. The summed E-state index contributed by atoms with van der Waals surface area (Å²) < 4.78 is 27.4. The zero-order valence-electron chi connectivity index (χ0n) is 26.2. The largest absolute Gasteiger partial charge is 0.368 e. The predicted octanol–water partition coefficient (Wildman–Crippen LogP) is 2.72. The smallest absolute Gasteiger partial charge is 0.315 e. The number of rotatable bonds is 9. The fraction of sp³-hybridized carbons (Fsp3) is 0.733. The van der Waals surface area contributed by atoms with Crippen LogP contribution >= 0.6 is 0 Å². The highest BCUT2D eigenvalue weighted by molar-refractivity contribution is 7.89. The zero-order chi connectivity index (χ0) is 31.5. The lowest BCUT2D eigenvalue weighted by Crippen LogP contribution is -2.59. The molecule has 3 fully saturated rings. The van der Waals surface area contributed by atoms with Gasteiger partial charge in [-0.2, -0.15) is 4.31 Å². The van der Waals surface area contributed by atoms with E-state index in [0.717, 1.165) is 19.3 Å². The number of nitrogens with two attached hydrogens (primary N) is 1. The molecule has 12 heteroatoms. The van der Waals surface area contributed by atoms with Crippen LogP contribution in [0.3, 0.4) is 0 Å². The summed E-state index contributed by atoms with van der Waals surface area (Å²) in [7, 11) is -2.43. The predicted molar refractivity (Wildman–Crippen MR) is 159 cm³/mol. The van der Waals surface area contributed by atoms with E-state index in [9.17, 15) is 22.8 Å². The van der Waals surface area contributed by atoms with E-state index >= 15 is 0 Å². The van der Waals surface area contributed by atoms with Crippen LogP contribution in [0, 0.1) is 27.6 Å². The highest BCUT2D eigenvalue weighted by Crippen LogP contribution is 2.88. The Labute approximate surface area is 250 Å². The molecule has 1 aromatic heterocycles. The molecule has 4 N–H and O–H groups in total. The first-order valence-corrected chi connectivity index (χ1v) is 16.3. The summed E-state index contributed by atoms with van der Waals surface area (Å²) in [6, 6.07) is 1.88. The van der Waals surface area contributed by atoms with E-state index in [1.54, 1.807) is 17.0 Å². The molecule has 4 atom stereocenters. The first-order valence-electron chi connectivity index (χ1n) is 14.9. The number of aromatic nitrogens is 1. The average Bonchev–Trinajstić information content (AvgIpc) is 3.11. The van der Waals surface area contributed by atoms with Crippen LogP contribution in [0.25, 0.3) is 0 Å². The van der Waals surface area contributed by atoms with Crippen molar-refractivity contribution < 1.29 is 22.8 Å². The van der Waals surface area contributed by atoms with Crippen molar-refractivity contribution in [3.05, 3.63) is 24.4 Å². The molecule has 4 rings (SSSR count).